The third-order valence-corrected chi connectivity index (χ3v) is 3.70. The SMILES string of the molecule is CN(C)CCn1nc2c(c1Cl)CSC2. The number of halogens is 1. The average Bonchev–Trinajstić information content (AvgIpc) is 2.66. The molecule has 3 nitrogen and oxygen atoms in total. The molecule has 1 aromatic heterocycles. The first-order chi connectivity index (χ1) is 6.68. The van der Waals surface area contributed by atoms with Crippen molar-refractivity contribution in [1.82, 2.24) is 14.7 Å². The minimum Gasteiger partial charge on any atom is -0.308 e. The molecule has 0 aromatic carbocycles. The minimum absolute atomic E-state index is 0.840. The fourth-order valence-electron chi connectivity index (χ4n) is 1.48. The van der Waals surface area contributed by atoms with Crippen LogP contribution < -0.4 is 0 Å². The van der Waals surface area contributed by atoms with Gasteiger partial charge in [0, 0.05) is 23.6 Å². The van der Waals surface area contributed by atoms with Crippen molar-refractivity contribution in [2.24, 2.45) is 0 Å². The monoisotopic (exact) mass is 231 g/mol. The topological polar surface area (TPSA) is 21.1 Å². The number of aromatic nitrogens is 2. The second kappa shape index (κ2) is 4.13. The number of rotatable bonds is 3. The molecule has 0 fully saturated rings. The van der Waals surface area contributed by atoms with Crippen molar-refractivity contribution in [3.8, 4) is 0 Å². The fraction of sp³-hybridized carbons (Fsp3) is 0.667. The van der Waals surface area contributed by atoms with E-state index in [1.807, 2.05) is 16.4 Å². The van der Waals surface area contributed by atoms with E-state index in [-0.39, 0.29) is 0 Å². The molecule has 0 unspecified atom stereocenters. The van der Waals surface area contributed by atoms with Crippen LogP contribution in [0.4, 0.5) is 0 Å². The number of fused-ring (bicyclic) bond motifs is 1. The van der Waals surface area contributed by atoms with Gasteiger partial charge < -0.3 is 4.90 Å². The Kier molecular flexibility index (Phi) is 3.04. The third-order valence-electron chi connectivity index (χ3n) is 2.31. The zero-order valence-corrected chi connectivity index (χ0v) is 10.0. The molecule has 78 valence electrons. The minimum atomic E-state index is 0.840. The van der Waals surface area contributed by atoms with E-state index in [9.17, 15) is 0 Å². The molecule has 1 aliphatic heterocycles. The lowest BCUT2D eigenvalue weighted by atomic mass is 10.3. The Labute approximate surface area is 93.4 Å². The summed E-state index contributed by atoms with van der Waals surface area (Å²) in [6.07, 6.45) is 0. The summed E-state index contributed by atoms with van der Waals surface area (Å²) in [7, 11) is 4.11. The van der Waals surface area contributed by atoms with Gasteiger partial charge in [-0.15, -0.1) is 0 Å². The number of likely N-dealkylation sites (N-methyl/N-ethyl adjacent to an activating group) is 1. The van der Waals surface area contributed by atoms with Gasteiger partial charge in [0.1, 0.15) is 5.15 Å². The smallest absolute Gasteiger partial charge is 0.131 e. The lowest BCUT2D eigenvalue weighted by Crippen LogP contribution is -2.19. The lowest BCUT2D eigenvalue weighted by Gasteiger charge is -2.10. The van der Waals surface area contributed by atoms with Crippen LogP contribution in [0, 0.1) is 0 Å². The van der Waals surface area contributed by atoms with Crippen LogP contribution in [0.25, 0.3) is 0 Å². The summed E-state index contributed by atoms with van der Waals surface area (Å²) >= 11 is 8.11. The summed E-state index contributed by atoms with van der Waals surface area (Å²) in [6, 6.07) is 0. The predicted octanol–water partition coefficient (Wildman–Crippen LogP) is 1.84. The molecule has 0 saturated carbocycles. The number of nitrogens with zero attached hydrogens (tertiary/aromatic N) is 3. The molecule has 0 atom stereocenters. The van der Waals surface area contributed by atoms with Crippen molar-refractivity contribution in [1.29, 1.82) is 0 Å². The van der Waals surface area contributed by atoms with Gasteiger partial charge in [0.15, 0.2) is 0 Å². The van der Waals surface area contributed by atoms with Crippen molar-refractivity contribution < 1.29 is 0 Å². The second-order valence-corrected chi connectivity index (χ2v) is 5.08. The van der Waals surface area contributed by atoms with Crippen LogP contribution in [0.15, 0.2) is 0 Å². The predicted molar refractivity (Wildman–Crippen MR) is 60.8 cm³/mol. The quantitative estimate of drug-likeness (QED) is 0.792. The molecule has 2 rings (SSSR count). The summed E-state index contributed by atoms with van der Waals surface area (Å²) in [4.78, 5) is 2.14. The van der Waals surface area contributed by atoms with Crippen LogP contribution in [0.1, 0.15) is 11.3 Å². The highest BCUT2D eigenvalue weighted by atomic mass is 35.5. The average molecular weight is 232 g/mol. The van der Waals surface area contributed by atoms with Gasteiger partial charge in [-0.1, -0.05) is 11.6 Å². The van der Waals surface area contributed by atoms with Crippen LogP contribution in [-0.2, 0) is 18.1 Å². The third kappa shape index (κ3) is 1.92. The van der Waals surface area contributed by atoms with Crippen LogP contribution in [-0.4, -0.2) is 35.3 Å². The molecule has 0 N–H and O–H groups in total. The number of hydrogen-bond donors (Lipinski definition) is 0. The molecule has 0 saturated heterocycles. The zero-order valence-electron chi connectivity index (χ0n) is 8.46. The standard InChI is InChI=1S/C9H14ClN3S/c1-12(2)3-4-13-9(10)7-5-14-6-8(7)11-13/h3-6H2,1-2H3. The summed E-state index contributed by atoms with van der Waals surface area (Å²) in [5.74, 6) is 2.04. The van der Waals surface area contributed by atoms with Gasteiger partial charge in [0.05, 0.1) is 12.2 Å². The van der Waals surface area contributed by atoms with Gasteiger partial charge in [-0.05, 0) is 14.1 Å². The van der Waals surface area contributed by atoms with E-state index in [1.165, 1.54) is 11.3 Å². The first-order valence-electron chi connectivity index (χ1n) is 4.65. The number of thioether (sulfide) groups is 1. The molecule has 1 aliphatic rings. The summed E-state index contributed by atoms with van der Waals surface area (Å²) in [5.41, 5.74) is 2.43. The van der Waals surface area contributed by atoms with Gasteiger partial charge >= 0.3 is 0 Å². The highest BCUT2D eigenvalue weighted by Crippen LogP contribution is 2.34. The summed E-state index contributed by atoms with van der Waals surface area (Å²) in [6.45, 7) is 1.86. The van der Waals surface area contributed by atoms with Gasteiger partial charge in [-0.25, -0.2) is 0 Å². The van der Waals surface area contributed by atoms with Gasteiger partial charge in [0.2, 0.25) is 0 Å². The maximum atomic E-state index is 6.22. The summed E-state index contributed by atoms with van der Waals surface area (Å²) < 4.78 is 1.92. The fourth-order valence-corrected chi connectivity index (χ4v) is 2.89. The first kappa shape index (κ1) is 10.3. The van der Waals surface area contributed by atoms with Crippen LogP contribution in [0.3, 0.4) is 0 Å². The molecule has 0 spiro atoms. The highest BCUT2D eigenvalue weighted by Gasteiger charge is 2.20. The second-order valence-electron chi connectivity index (χ2n) is 3.74. The maximum Gasteiger partial charge on any atom is 0.131 e. The van der Waals surface area contributed by atoms with E-state index in [2.05, 4.69) is 24.1 Å². The van der Waals surface area contributed by atoms with E-state index in [1.54, 1.807) is 0 Å². The molecule has 5 heteroatoms. The Hall–Kier alpha value is -0.190. The molecule has 0 radical (unpaired) electrons. The molecular weight excluding hydrogens is 218 g/mol. The normalized spacial score (nSPS) is 15.1. The molecular formula is C9H14ClN3S. The van der Waals surface area contributed by atoms with Gasteiger partial charge in [-0.3, -0.25) is 4.68 Å². The Bertz CT molecular complexity index is 335. The zero-order chi connectivity index (χ0) is 10.1. The largest absolute Gasteiger partial charge is 0.308 e. The van der Waals surface area contributed by atoms with Gasteiger partial charge in [0.25, 0.3) is 0 Å². The molecule has 1 aromatic rings. The van der Waals surface area contributed by atoms with E-state index in [4.69, 9.17) is 11.6 Å². The lowest BCUT2D eigenvalue weighted by molar-refractivity contribution is 0.373. The molecule has 0 amide bonds. The van der Waals surface area contributed by atoms with E-state index < -0.39 is 0 Å². The Morgan fingerprint density at radius 1 is 1.50 bits per heavy atom. The Morgan fingerprint density at radius 2 is 2.29 bits per heavy atom. The Balaban J connectivity index is 2.12. The van der Waals surface area contributed by atoms with Crippen molar-refractivity contribution in [3.05, 3.63) is 16.4 Å². The molecule has 0 bridgehead atoms. The van der Waals surface area contributed by atoms with Crippen molar-refractivity contribution >= 4 is 23.4 Å². The van der Waals surface area contributed by atoms with Crippen LogP contribution in [0.5, 0.6) is 0 Å². The first-order valence-corrected chi connectivity index (χ1v) is 6.18. The Morgan fingerprint density at radius 3 is 2.93 bits per heavy atom. The van der Waals surface area contributed by atoms with Crippen LogP contribution in [0.2, 0.25) is 5.15 Å². The number of hydrogen-bond acceptors (Lipinski definition) is 3. The van der Waals surface area contributed by atoms with E-state index in [0.717, 1.165) is 29.7 Å². The van der Waals surface area contributed by atoms with Crippen molar-refractivity contribution in [3.63, 3.8) is 0 Å². The van der Waals surface area contributed by atoms with Crippen molar-refractivity contribution in [2.75, 3.05) is 20.6 Å². The molecule has 14 heavy (non-hydrogen) atoms. The van der Waals surface area contributed by atoms with Crippen molar-refractivity contribution in [2.45, 2.75) is 18.1 Å². The van der Waals surface area contributed by atoms with Crippen LogP contribution >= 0.6 is 23.4 Å². The summed E-state index contributed by atoms with van der Waals surface area (Å²) in [5, 5.41) is 5.34. The van der Waals surface area contributed by atoms with E-state index in [0.29, 0.717) is 0 Å². The maximum absolute atomic E-state index is 6.22. The molecule has 2 heterocycles. The van der Waals surface area contributed by atoms with E-state index >= 15 is 0 Å². The van der Waals surface area contributed by atoms with Gasteiger partial charge in [-0.2, -0.15) is 16.9 Å². The molecule has 0 aliphatic carbocycles. The highest BCUT2D eigenvalue weighted by molar-refractivity contribution is 7.98.